The number of nitrogens with zero attached hydrogens (tertiary/aromatic N) is 1. The maximum Gasteiger partial charge on any atom is 0.269 e. The number of nitrogens with one attached hydrogen (secondary N) is 1. The molecule has 1 rings (SSSR count). The summed E-state index contributed by atoms with van der Waals surface area (Å²) in [5, 5.41) is 22.7. The van der Waals surface area contributed by atoms with Crippen LogP contribution < -0.4 is 5.32 Å². The summed E-state index contributed by atoms with van der Waals surface area (Å²) in [5.74, 6) is -0.282. The van der Waals surface area contributed by atoms with Gasteiger partial charge in [0.2, 0.25) is 0 Å². The van der Waals surface area contributed by atoms with E-state index in [9.17, 15) is 14.9 Å². The number of hydrogen-bond acceptors (Lipinski definition) is 4. The molecular formula is C15H22N2O4. The number of benzene rings is 1. The predicted octanol–water partition coefficient (Wildman–Crippen LogP) is 2.43. The summed E-state index contributed by atoms with van der Waals surface area (Å²) in [7, 11) is 0. The van der Waals surface area contributed by atoms with Gasteiger partial charge in [0, 0.05) is 30.3 Å². The first-order valence-corrected chi connectivity index (χ1v) is 6.83. The molecule has 0 fully saturated rings. The second-order valence-corrected chi connectivity index (χ2v) is 6.16. The predicted molar refractivity (Wildman–Crippen MR) is 80.2 cm³/mol. The highest BCUT2D eigenvalue weighted by atomic mass is 16.6. The summed E-state index contributed by atoms with van der Waals surface area (Å²) in [4.78, 5) is 22.5. The monoisotopic (exact) mass is 294 g/mol. The Kier molecular flexibility index (Phi) is 5.43. The van der Waals surface area contributed by atoms with Gasteiger partial charge in [-0.05, 0) is 30.4 Å². The van der Waals surface area contributed by atoms with Crippen molar-refractivity contribution in [3.05, 3.63) is 39.4 Å². The number of nitro groups is 1. The second kappa shape index (κ2) is 6.67. The molecule has 0 aromatic heterocycles. The van der Waals surface area contributed by atoms with Gasteiger partial charge < -0.3 is 10.4 Å². The van der Waals surface area contributed by atoms with Crippen LogP contribution in [0.4, 0.5) is 5.69 Å². The number of amides is 1. The molecule has 0 saturated carbocycles. The molecule has 0 saturated heterocycles. The first-order valence-electron chi connectivity index (χ1n) is 6.83. The highest BCUT2D eigenvalue weighted by Gasteiger charge is 2.26. The maximum absolute atomic E-state index is 12.3. The Bertz CT molecular complexity index is 535. The number of carbonyl (C=O) groups is 1. The summed E-state index contributed by atoms with van der Waals surface area (Å²) in [6.07, 6.45) is 0.460. The number of nitro benzene ring substituents is 1. The summed E-state index contributed by atoms with van der Waals surface area (Å²) < 4.78 is 0. The first kappa shape index (κ1) is 17.1. The molecule has 0 heterocycles. The zero-order chi connectivity index (χ0) is 16.2. The van der Waals surface area contributed by atoms with Gasteiger partial charge in [-0.3, -0.25) is 14.9 Å². The van der Waals surface area contributed by atoms with Crippen molar-refractivity contribution in [1.29, 1.82) is 0 Å². The molecule has 1 unspecified atom stereocenters. The van der Waals surface area contributed by atoms with Crippen molar-refractivity contribution in [2.45, 2.75) is 40.2 Å². The smallest absolute Gasteiger partial charge is 0.269 e. The lowest BCUT2D eigenvalue weighted by molar-refractivity contribution is -0.384. The van der Waals surface area contributed by atoms with E-state index in [4.69, 9.17) is 5.11 Å². The molecule has 0 aliphatic rings. The van der Waals surface area contributed by atoms with Gasteiger partial charge in [-0.15, -0.1) is 0 Å². The van der Waals surface area contributed by atoms with Crippen LogP contribution in [0.15, 0.2) is 18.2 Å². The quantitative estimate of drug-likeness (QED) is 0.644. The topological polar surface area (TPSA) is 92.5 Å². The van der Waals surface area contributed by atoms with Crippen molar-refractivity contribution in [3.63, 3.8) is 0 Å². The van der Waals surface area contributed by atoms with Crippen molar-refractivity contribution >= 4 is 11.6 Å². The minimum atomic E-state index is -0.488. The van der Waals surface area contributed by atoms with Crippen molar-refractivity contribution in [1.82, 2.24) is 5.32 Å². The number of rotatable bonds is 5. The number of aliphatic hydroxyl groups is 1. The van der Waals surface area contributed by atoms with Crippen LogP contribution in [0.25, 0.3) is 0 Å². The molecule has 1 atom stereocenters. The van der Waals surface area contributed by atoms with Gasteiger partial charge >= 0.3 is 0 Å². The minimum absolute atomic E-state index is 0.0124. The Morgan fingerprint density at radius 3 is 2.48 bits per heavy atom. The van der Waals surface area contributed by atoms with E-state index >= 15 is 0 Å². The SMILES string of the molecule is Cc1cc([N+](=O)[O-])ccc1C(=O)NC(CCO)C(C)(C)C. The van der Waals surface area contributed by atoms with Crippen LogP contribution in [0.5, 0.6) is 0 Å². The molecule has 6 nitrogen and oxygen atoms in total. The van der Waals surface area contributed by atoms with E-state index in [1.807, 2.05) is 20.8 Å². The fourth-order valence-corrected chi connectivity index (χ4v) is 2.10. The average molecular weight is 294 g/mol. The third-order valence-corrected chi connectivity index (χ3v) is 3.43. The molecule has 0 aliphatic carbocycles. The molecule has 2 N–H and O–H groups in total. The molecule has 0 spiro atoms. The van der Waals surface area contributed by atoms with Crippen LogP contribution in [0.3, 0.4) is 0 Å². The molecular weight excluding hydrogens is 272 g/mol. The average Bonchev–Trinajstić information content (AvgIpc) is 2.36. The van der Waals surface area contributed by atoms with Crippen molar-refractivity contribution < 1.29 is 14.8 Å². The highest BCUT2D eigenvalue weighted by molar-refractivity contribution is 5.96. The second-order valence-electron chi connectivity index (χ2n) is 6.16. The largest absolute Gasteiger partial charge is 0.396 e. The Labute approximate surface area is 124 Å². The van der Waals surface area contributed by atoms with Crippen LogP contribution >= 0.6 is 0 Å². The molecule has 116 valence electrons. The lowest BCUT2D eigenvalue weighted by atomic mass is 9.84. The van der Waals surface area contributed by atoms with Gasteiger partial charge in [-0.25, -0.2) is 0 Å². The molecule has 21 heavy (non-hydrogen) atoms. The number of non-ortho nitro benzene ring substituents is 1. The Morgan fingerprint density at radius 1 is 1.43 bits per heavy atom. The van der Waals surface area contributed by atoms with Crippen LogP contribution in [0.1, 0.15) is 43.1 Å². The van der Waals surface area contributed by atoms with E-state index in [1.54, 1.807) is 6.92 Å². The zero-order valence-electron chi connectivity index (χ0n) is 12.8. The first-order chi connectivity index (χ1) is 9.66. The van der Waals surface area contributed by atoms with Crippen molar-refractivity contribution in [2.75, 3.05) is 6.61 Å². The molecule has 0 bridgehead atoms. The third kappa shape index (κ3) is 4.53. The van der Waals surface area contributed by atoms with E-state index in [0.29, 0.717) is 17.5 Å². The molecule has 1 aromatic carbocycles. The Balaban J connectivity index is 2.95. The number of hydrogen-bond donors (Lipinski definition) is 2. The normalized spacial score (nSPS) is 12.8. The molecule has 1 aromatic rings. The lowest BCUT2D eigenvalue weighted by Gasteiger charge is -2.31. The minimum Gasteiger partial charge on any atom is -0.396 e. The number of aryl methyl sites for hydroxylation is 1. The molecule has 1 amide bonds. The van der Waals surface area contributed by atoms with Gasteiger partial charge in [0.1, 0.15) is 0 Å². The van der Waals surface area contributed by atoms with Crippen LogP contribution in [-0.4, -0.2) is 28.6 Å². The third-order valence-electron chi connectivity index (χ3n) is 3.43. The number of carbonyl (C=O) groups excluding carboxylic acids is 1. The number of aliphatic hydroxyl groups excluding tert-OH is 1. The lowest BCUT2D eigenvalue weighted by Crippen LogP contribution is -2.44. The van der Waals surface area contributed by atoms with E-state index < -0.39 is 4.92 Å². The van der Waals surface area contributed by atoms with E-state index in [-0.39, 0.29) is 29.7 Å². The van der Waals surface area contributed by atoms with Crippen LogP contribution in [0, 0.1) is 22.5 Å². The highest BCUT2D eigenvalue weighted by Crippen LogP contribution is 2.23. The Hall–Kier alpha value is -1.95. The van der Waals surface area contributed by atoms with Gasteiger partial charge in [0.25, 0.3) is 11.6 Å². The van der Waals surface area contributed by atoms with Crippen LogP contribution in [0.2, 0.25) is 0 Å². The van der Waals surface area contributed by atoms with Gasteiger partial charge in [-0.1, -0.05) is 20.8 Å². The molecule has 6 heteroatoms. The van der Waals surface area contributed by atoms with E-state index in [1.165, 1.54) is 18.2 Å². The summed E-state index contributed by atoms with van der Waals surface area (Å²) in [6, 6.07) is 3.98. The summed E-state index contributed by atoms with van der Waals surface area (Å²) in [6.45, 7) is 7.60. The van der Waals surface area contributed by atoms with Crippen molar-refractivity contribution in [2.24, 2.45) is 5.41 Å². The van der Waals surface area contributed by atoms with Crippen LogP contribution in [-0.2, 0) is 0 Å². The molecule has 0 radical (unpaired) electrons. The zero-order valence-corrected chi connectivity index (χ0v) is 12.8. The summed E-state index contributed by atoms with van der Waals surface area (Å²) >= 11 is 0. The fourth-order valence-electron chi connectivity index (χ4n) is 2.10. The van der Waals surface area contributed by atoms with Gasteiger partial charge in [0.05, 0.1) is 4.92 Å². The van der Waals surface area contributed by atoms with Gasteiger partial charge in [0.15, 0.2) is 0 Å². The summed E-state index contributed by atoms with van der Waals surface area (Å²) in [5.41, 5.74) is 0.741. The Morgan fingerprint density at radius 2 is 2.05 bits per heavy atom. The van der Waals surface area contributed by atoms with Gasteiger partial charge in [-0.2, -0.15) is 0 Å². The van der Waals surface area contributed by atoms with Crippen molar-refractivity contribution in [3.8, 4) is 0 Å². The standard InChI is InChI=1S/C15H22N2O4/c1-10-9-11(17(20)21)5-6-12(10)14(19)16-13(7-8-18)15(2,3)4/h5-6,9,13,18H,7-8H2,1-4H3,(H,16,19). The van der Waals surface area contributed by atoms with E-state index in [2.05, 4.69) is 5.32 Å². The fraction of sp³-hybridized carbons (Fsp3) is 0.533. The molecule has 0 aliphatic heterocycles. The van der Waals surface area contributed by atoms with E-state index in [0.717, 1.165) is 0 Å². The maximum atomic E-state index is 12.3.